The number of halogens is 2. The van der Waals surface area contributed by atoms with Gasteiger partial charge in [-0.1, -0.05) is 65.3 Å². The van der Waals surface area contributed by atoms with E-state index in [4.69, 9.17) is 16.4 Å². The Kier molecular flexibility index (Phi) is 4.60. The molecule has 1 aliphatic carbocycles. The van der Waals surface area contributed by atoms with Gasteiger partial charge in [-0.15, -0.1) is 0 Å². The molecule has 134 valence electrons. The molecule has 0 fully saturated rings. The Morgan fingerprint density at radius 2 is 1.56 bits per heavy atom. The number of hydrogen-bond donors (Lipinski definition) is 1. The molecule has 0 unspecified atom stereocenters. The molecule has 4 rings (SSSR count). The SMILES string of the molecule is O=C(CON=C1c2ccccc2-c2ccccc21)Nc1ccc(F)c(Cl)c1. The van der Waals surface area contributed by atoms with E-state index in [9.17, 15) is 9.18 Å². The molecule has 0 aliphatic heterocycles. The number of anilines is 1. The maximum Gasteiger partial charge on any atom is 0.265 e. The summed E-state index contributed by atoms with van der Waals surface area (Å²) in [5.74, 6) is -0.961. The summed E-state index contributed by atoms with van der Waals surface area (Å²) in [6.07, 6.45) is 0. The van der Waals surface area contributed by atoms with Crippen molar-refractivity contribution in [1.29, 1.82) is 0 Å². The molecule has 0 saturated carbocycles. The molecule has 3 aromatic carbocycles. The first-order chi connectivity index (χ1) is 13.1. The Balaban J connectivity index is 1.48. The van der Waals surface area contributed by atoms with Crippen molar-refractivity contribution in [3.63, 3.8) is 0 Å². The first kappa shape index (κ1) is 17.2. The lowest BCUT2D eigenvalue weighted by Gasteiger charge is -2.06. The highest BCUT2D eigenvalue weighted by molar-refractivity contribution is 6.31. The van der Waals surface area contributed by atoms with Crippen LogP contribution in [0.15, 0.2) is 71.9 Å². The largest absolute Gasteiger partial charge is 0.385 e. The summed E-state index contributed by atoms with van der Waals surface area (Å²) >= 11 is 5.70. The second-order valence-electron chi connectivity index (χ2n) is 5.98. The lowest BCUT2D eigenvalue weighted by Crippen LogP contribution is -2.17. The third-order valence-electron chi connectivity index (χ3n) is 4.21. The van der Waals surface area contributed by atoms with Crippen molar-refractivity contribution < 1.29 is 14.0 Å². The summed E-state index contributed by atoms with van der Waals surface area (Å²) in [5.41, 5.74) is 5.17. The number of fused-ring (bicyclic) bond motifs is 3. The molecule has 0 bridgehead atoms. The van der Waals surface area contributed by atoms with Crippen molar-refractivity contribution in [2.24, 2.45) is 5.16 Å². The van der Waals surface area contributed by atoms with Crippen molar-refractivity contribution in [3.8, 4) is 11.1 Å². The van der Waals surface area contributed by atoms with E-state index in [1.54, 1.807) is 0 Å². The normalized spacial score (nSPS) is 11.6. The van der Waals surface area contributed by atoms with Gasteiger partial charge >= 0.3 is 0 Å². The standard InChI is InChI=1S/C21H14ClFN2O2/c22-18-11-13(9-10-19(18)23)24-20(26)12-27-25-21-16-7-3-1-5-14(16)15-6-2-4-8-17(15)21/h1-11H,12H2,(H,24,26). The van der Waals surface area contributed by atoms with Gasteiger partial charge in [-0.2, -0.15) is 0 Å². The first-order valence-corrected chi connectivity index (χ1v) is 8.65. The maximum absolute atomic E-state index is 13.2. The summed E-state index contributed by atoms with van der Waals surface area (Å²) in [5, 5.41) is 6.72. The van der Waals surface area contributed by atoms with Crippen molar-refractivity contribution in [3.05, 3.63) is 88.7 Å². The predicted octanol–water partition coefficient (Wildman–Crippen LogP) is 4.87. The van der Waals surface area contributed by atoms with Gasteiger partial charge in [0.05, 0.1) is 5.02 Å². The molecule has 4 nitrogen and oxygen atoms in total. The van der Waals surface area contributed by atoms with E-state index >= 15 is 0 Å². The van der Waals surface area contributed by atoms with Gasteiger partial charge in [0.2, 0.25) is 0 Å². The molecule has 0 atom stereocenters. The number of nitrogens with one attached hydrogen (secondary N) is 1. The fraction of sp³-hybridized carbons (Fsp3) is 0.0476. The molecule has 1 aliphatic rings. The van der Waals surface area contributed by atoms with Crippen molar-refractivity contribution in [2.75, 3.05) is 11.9 Å². The highest BCUT2D eigenvalue weighted by atomic mass is 35.5. The number of carbonyl (C=O) groups excluding carboxylic acids is 1. The van der Waals surface area contributed by atoms with Crippen LogP contribution in [0.25, 0.3) is 11.1 Å². The smallest absolute Gasteiger partial charge is 0.265 e. The average molecular weight is 381 g/mol. The summed E-state index contributed by atoms with van der Waals surface area (Å²) < 4.78 is 13.2. The molecule has 27 heavy (non-hydrogen) atoms. The molecule has 0 saturated heterocycles. The molecule has 0 heterocycles. The number of benzene rings is 3. The van der Waals surface area contributed by atoms with Crippen LogP contribution in [-0.2, 0) is 9.63 Å². The minimum atomic E-state index is -0.545. The topological polar surface area (TPSA) is 50.7 Å². The van der Waals surface area contributed by atoms with Crippen LogP contribution < -0.4 is 5.32 Å². The van der Waals surface area contributed by atoms with Crippen LogP contribution in [0.2, 0.25) is 5.02 Å². The number of rotatable bonds is 4. The quantitative estimate of drug-likeness (QED) is 0.514. The van der Waals surface area contributed by atoms with Crippen LogP contribution in [0.4, 0.5) is 10.1 Å². The molecular formula is C21H14ClFN2O2. The number of hydrogen-bond acceptors (Lipinski definition) is 3. The average Bonchev–Trinajstić information content (AvgIpc) is 2.99. The first-order valence-electron chi connectivity index (χ1n) is 8.27. The van der Waals surface area contributed by atoms with Crippen LogP contribution in [0.3, 0.4) is 0 Å². The number of carbonyl (C=O) groups is 1. The van der Waals surface area contributed by atoms with Gasteiger partial charge in [-0.25, -0.2) is 4.39 Å². The molecule has 1 amide bonds. The number of amides is 1. The van der Waals surface area contributed by atoms with Gasteiger partial charge in [0, 0.05) is 16.8 Å². The fourth-order valence-electron chi connectivity index (χ4n) is 3.02. The zero-order valence-corrected chi connectivity index (χ0v) is 14.8. The monoisotopic (exact) mass is 380 g/mol. The number of oxime groups is 1. The minimum absolute atomic E-state index is 0.0619. The molecule has 6 heteroatoms. The van der Waals surface area contributed by atoms with Crippen LogP contribution in [0.5, 0.6) is 0 Å². The van der Waals surface area contributed by atoms with E-state index in [-0.39, 0.29) is 11.6 Å². The molecule has 0 radical (unpaired) electrons. The van der Waals surface area contributed by atoms with E-state index in [1.165, 1.54) is 18.2 Å². The van der Waals surface area contributed by atoms with E-state index in [1.807, 2.05) is 48.5 Å². The van der Waals surface area contributed by atoms with Gasteiger partial charge in [0.15, 0.2) is 6.61 Å². The van der Waals surface area contributed by atoms with Crippen molar-refractivity contribution in [1.82, 2.24) is 0 Å². The van der Waals surface area contributed by atoms with E-state index in [0.717, 1.165) is 22.3 Å². The van der Waals surface area contributed by atoms with Crippen LogP contribution >= 0.6 is 11.6 Å². The lowest BCUT2D eigenvalue weighted by atomic mass is 10.1. The summed E-state index contributed by atoms with van der Waals surface area (Å²) in [4.78, 5) is 17.3. The molecular weight excluding hydrogens is 367 g/mol. The molecule has 1 N–H and O–H groups in total. The number of nitrogens with zero attached hydrogens (tertiary/aromatic N) is 1. The van der Waals surface area contributed by atoms with Gasteiger partial charge in [-0.05, 0) is 29.3 Å². The van der Waals surface area contributed by atoms with Gasteiger partial charge < -0.3 is 10.2 Å². The third-order valence-corrected chi connectivity index (χ3v) is 4.50. The maximum atomic E-state index is 13.2. The van der Waals surface area contributed by atoms with E-state index < -0.39 is 11.7 Å². The van der Waals surface area contributed by atoms with Gasteiger partial charge in [0.25, 0.3) is 5.91 Å². The van der Waals surface area contributed by atoms with Crippen LogP contribution in [0, 0.1) is 5.82 Å². The van der Waals surface area contributed by atoms with E-state index in [0.29, 0.717) is 11.4 Å². The summed E-state index contributed by atoms with van der Waals surface area (Å²) in [6, 6.07) is 19.8. The summed E-state index contributed by atoms with van der Waals surface area (Å²) in [6.45, 7) is -0.275. The Morgan fingerprint density at radius 1 is 0.963 bits per heavy atom. The van der Waals surface area contributed by atoms with Crippen LogP contribution in [0.1, 0.15) is 11.1 Å². The molecule has 0 aromatic heterocycles. The highest BCUT2D eigenvalue weighted by Crippen LogP contribution is 2.36. The highest BCUT2D eigenvalue weighted by Gasteiger charge is 2.24. The van der Waals surface area contributed by atoms with Crippen molar-refractivity contribution >= 4 is 28.9 Å². The molecule has 0 spiro atoms. The van der Waals surface area contributed by atoms with Crippen LogP contribution in [-0.4, -0.2) is 18.2 Å². The second kappa shape index (κ2) is 7.21. The molecule has 3 aromatic rings. The van der Waals surface area contributed by atoms with Gasteiger partial charge in [-0.3, -0.25) is 4.79 Å². The Hall–Kier alpha value is -3.18. The Bertz CT molecular complexity index is 1020. The lowest BCUT2D eigenvalue weighted by molar-refractivity contribution is -0.120. The zero-order chi connectivity index (χ0) is 18.8. The zero-order valence-electron chi connectivity index (χ0n) is 14.1. The fourth-order valence-corrected chi connectivity index (χ4v) is 3.20. The van der Waals surface area contributed by atoms with E-state index in [2.05, 4.69) is 10.5 Å². The predicted molar refractivity (Wildman–Crippen MR) is 104 cm³/mol. The van der Waals surface area contributed by atoms with Gasteiger partial charge in [0.1, 0.15) is 11.5 Å². The third kappa shape index (κ3) is 3.41. The summed E-state index contributed by atoms with van der Waals surface area (Å²) in [7, 11) is 0. The second-order valence-corrected chi connectivity index (χ2v) is 6.39. The minimum Gasteiger partial charge on any atom is -0.385 e. The Morgan fingerprint density at radius 3 is 2.15 bits per heavy atom. The van der Waals surface area contributed by atoms with Crippen molar-refractivity contribution in [2.45, 2.75) is 0 Å². The Labute approximate surface area is 160 Å².